The number of hydrogen-bond donors (Lipinski definition) is 1. The lowest BCUT2D eigenvalue weighted by molar-refractivity contribution is 0.183. The summed E-state index contributed by atoms with van der Waals surface area (Å²) in [6, 6.07) is 1.73. The molecule has 0 aliphatic carbocycles. The summed E-state index contributed by atoms with van der Waals surface area (Å²) in [7, 11) is 0. The molecule has 1 aromatic heterocycles. The van der Waals surface area contributed by atoms with Gasteiger partial charge in [-0.2, -0.15) is 4.98 Å². The predicted octanol–water partition coefficient (Wildman–Crippen LogP) is 2.89. The van der Waals surface area contributed by atoms with Crippen molar-refractivity contribution in [1.82, 2.24) is 9.97 Å². The molecule has 0 atom stereocenters. The summed E-state index contributed by atoms with van der Waals surface area (Å²) in [6.45, 7) is 7.22. The van der Waals surface area contributed by atoms with Gasteiger partial charge in [0.25, 0.3) is 0 Å². The molecule has 0 saturated carbocycles. The number of rotatable bonds is 3. The molecule has 110 valence electrons. The van der Waals surface area contributed by atoms with Gasteiger partial charge in [0.2, 0.25) is 5.95 Å². The Morgan fingerprint density at radius 1 is 1.35 bits per heavy atom. The van der Waals surface area contributed by atoms with Crippen molar-refractivity contribution in [1.29, 1.82) is 0 Å². The molecule has 20 heavy (non-hydrogen) atoms. The van der Waals surface area contributed by atoms with Gasteiger partial charge in [0, 0.05) is 37.7 Å². The van der Waals surface area contributed by atoms with Gasteiger partial charge < -0.3 is 10.6 Å². The third-order valence-electron chi connectivity index (χ3n) is 3.52. The normalized spacial score (nSPS) is 18.9. The topological polar surface area (TPSA) is 55.0 Å². The van der Waals surface area contributed by atoms with Crippen LogP contribution in [-0.2, 0) is 0 Å². The van der Waals surface area contributed by atoms with E-state index in [1.807, 2.05) is 17.9 Å². The molecule has 4 nitrogen and oxygen atoms in total. The molecular formula is C15H23FN4. The maximum Gasteiger partial charge on any atom is 0.227 e. The molecule has 1 aliphatic rings. The lowest BCUT2D eigenvalue weighted by Crippen LogP contribution is -2.41. The number of halogens is 1. The maximum absolute atomic E-state index is 14.6. The second-order valence-corrected chi connectivity index (χ2v) is 5.86. The first-order chi connectivity index (χ1) is 9.38. The van der Waals surface area contributed by atoms with Crippen LogP contribution in [0.1, 0.15) is 32.4 Å². The Kier molecular flexibility index (Phi) is 4.26. The molecule has 5 heteroatoms. The number of aryl methyl sites for hydroxylation is 1. The number of nitrogens with zero attached hydrogens (tertiary/aromatic N) is 3. The van der Waals surface area contributed by atoms with Crippen molar-refractivity contribution in [3.63, 3.8) is 0 Å². The molecular weight excluding hydrogens is 255 g/mol. The minimum absolute atomic E-state index is 0.376. The van der Waals surface area contributed by atoms with E-state index in [1.165, 1.54) is 0 Å². The SMILES string of the molecule is Cc1cc(N)nc(N2CCC(F)(/C=C/C(C)C)CC2)n1. The van der Waals surface area contributed by atoms with Gasteiger partial charge in [0.15, 0.2) is 0 Å². The lowest BCUT2D eigenvalue weighted by Gasteiger charge is -2.35. The van der Waals surface area contributed by atoms with Crippen molar-refractivity contribution in [2.24, 2.45) is 5.92 Å². The summed E-state index contributed by atoms with van der Waals surface area (Å²) < 4.78 is 14.6. The van der Waals surface area contributed by atoms with Gasteiger partial charge in [-0.1, -0.05) is 26.0 Å². The largest absolute Gasteiger partial charge is 0.384 e. The van der Waals surface area contributed by atoms with E-state index in [0.29, 0.717) is 43.6 Å². The molecule has 2 heterocycles. The first-order valence-corrected chi connectivity index (χ1v) is 7.12. The van der Waals surface area contributed by atoms with E-state index in [2.05, 4.69) is 23.8 Å². The minimum atomic E-state index is -1.20. The van der Waals surface area contributed by atoms with Crippen LogP contribution >= 0.6 is 0 Å². The molecule has 0 radical (unpaired) electrons. The Labute approximate surface area is 119 Å². The summed E-state index contributed by atoms with van der Waals surface area (Å²) >= 11 is 0. The van der Waals surface area contributed by atoms with E-state index in [4.69, 9.17) is 5.73 Å². The van der Waals surface area contributed by atoms with Crippen molar-refractivity contribution < 1.29 is 4.39 Å². The number of nitrogen functional groups attached to an aromatic ring is 1. The summed E-state index contributed by atoms with van der Waals surface area (Å²) in [5.74, 6) is 1.45. The van der Waals surface area contributed by atoms with Crippen LogP contribution in [0.4, 0.5) is 16.2 Å². The fourth-order valence-electron chi connectivity index (χ4n) is 2.33. The Morgan fingerprint density at radius 3 is 2.55 bits per heavy atom. The molecule has 0 spiro atoms. The fraction of sp³-hybridized carbons (Fsp3) is 0.600. The molecule has 1 aliphatic heterocycles. The third-order valence-corrected chi connectivity index (χ3v) is 3.52. The van der Waals surface area contributed by atoms with Crippen LogP contribution in [-0.4, -0.2) is 28.7 Å². The Balaban J connectivity index is 2.03. The van der Waals surface area contributed by atoms with Crippen LogP contribution in [0.25, 0.3) is 0 Å². The Morgan fingerprint density at radius 2 is 2.00 bits per heavy atom. The van der Waals surface area contributed by atoms with E-state index in [0.717, 1.165) is 5.69 Å². The van der Waals surface area contributed by atoms with Crippen molar-refractivity contribution in [2.45, 2.75) is 39.3 Å². The van der Waals surface area contributed by atoms with Gasteiger partial charge in [0.05, 0.1) is 0 Å². The average molecular weight is 278 g/mol. The van der Waals surface area contributed by atoms with Gasteiger partial charge >= 0.3 is 0 Å². The molecule has 0 unspecified atom stereocenters. The highest BCUT2D eigenvalue weighted by Crippen LogP contribution is 2.30. The number of hydrogen-bond acceptors (Lipinski definition) is 4. The Bertz CT molecular complexity index is 470. The number of aromatic nitrogens is 2. The molecule has 2 N–H and O–H groups in total. The first kappa shape index (κ1) is 14.8. The molecule has 0 bridgehead atoms. The summed E-state index contributed by atoms with van der Waals surface area (Å²) in [5.41, 5.74) is 5.38. The van der Waals surface area contributed by atoms with Crippen LogP contribution in [0.5, 0.6) is 0 Å². The highest BCUT2D eigenvalue weighted by atomic mass is 19.1. The predicted molar refractivity (Wildman–Crippen MR) is 80.4 cm³/mol. The highest BCUT2D eigenvalue weighted by molar-refractivity contribution is 5.41. The zero-order valence-corrected chi connectivity index (χ0v) is 12.4. The minimum Gasteiger partial charge on any atom is -0.384 e. The highest BCUT2D eigenvalue weighted by Gasteiger charge is 2.32. The second-order valence-electron chi connectivity index (χ2n) is 5.86. The average Bonchev–Trinajstić information content (AvgIpc) is 2.36. The summed E-state index contributed by atoms with van der Waals surface area (Å²) in [6.07, 6.45) is 4.60. The van der Waals surface area contributed by atoms with E-state index in [1.54, 1.807) is 12.1 Å². The zero-order chi connectivity index (χ0) is 14.8. The molecule has 1 aromatic rings. The van der Waals surface area contributed by atoms with Crippen LogP contribution in [0.15, 0.2) is 18.2 Å². The van der Waals surface area contributed by atoms with E-state index in [-0.39, 0.29) is 0 Å². The lowest BCUT2D eigenvalue weighted by atomic mass is 9.92. The van der Waals surface area contributed by atoms with Crippen molar-refractivity contribution in [3.05, 3.63) is 23.9 Å². The van der Waals surface area contributed by atoms with Crippen LogP contribution in [0.2, 0.25) is 0 Å². The Hall–Kier alpha value is -1.65. The summed E-state index contributed by atoms with van der Waals surface area (Å²) in [5, 5.41) is 0. The van der Waals surface area contributed by atoms with Crippen molar-refractivity contribution in [2.75, 3.05) is 23.7 Å². The number of anilines is 2. The maximum atomic E-state index is 14.6. The molecule has 0 aromatic carbocycles. The molecule has 1 fully saturated rings. The van der Waals surface area contributed by atoms with E-state index < -0.39 is 5.67 Å². The standard InChI is InChI=1S/C15H23FN4/c1-11(2)4-5-15(16)6-8-20(9-7-15)14-18-12(3)10-13(17)19-14/h4-5,10-11H,6-9H2,1-3H3,(H2,17,18,19)/b5-4+. The van der Waals surface area contributed by atoms with Crippen LogP contribution in [0.3, 0.4) is 0 Å². The van der Waals surface area contributed by atoms with Gasteiger partial charge in [-0.25, -0.2) is 9.37 Å². The van der Waals surface area contributed by atoms with Crippen LogP contribution < -0.4 is 10.6 Å². The number of alkyl halides is 1. The number of allylic oxidation sites excluding steroid dienone is 2. The zero-order valence-electron chi connectivity index (χ0n) is 12.4. The molecule has 0 amide bonds. The van der Waals surface area contributed by atoms with Crippen molar-refractivity contribution >= 4 is 11.8 Å². The number of piperidine rings is 1. The van der Waals surface area contributed by atoms with E-state index in [9.17, 15) is 4.39 Å². The first-order valence-electron chi connectivity index (χ1n) is 7.12. The van der Waals surface area contributed by atoms with Gasteiger partial charge in [-0.3, -0.25) is 0 Å². The van der Waals surface area contributed by atoms with Gasteiger partial charge in [-0.05, 0) is 12.8 Å². The molecule has 2 rings (SSSR count). The second kappa shape index (κ2) is 5.77. The number of nitrogens with two attached hydrogens (primary N) is 1. The fourth-order valence-corrected chi connectivity index (χ4v) is 2.33. The third kappa shape index (κ3) is 3.68. The van der Waals surface area contributed by atoms with Gasteiger partial charge in [0.1, 0.15) is 11.5 Å². The molecule has 1 saturated heterocycles. The quantitative estimate of drug-likeness (QED) is 0.864. The monoisotopic (exact) mass is 278 g/mol. The summed E-state index contributed by atoms with van der Waals surface area (Å²) in [4.78, 5) is 10.6. The van der Waals surface area contributed by atoms with Crippen LogP contribution in [0, 0.1) is 12.8 Å². The van der Waals surface area contributed by atoms with Crippen molar-refractivity contribution in [3.8, 4) is 0 Å². The van der Waals surface area contributed by atoms with Gasteiger partial charge in [-0.15, -0.1) is 0 Å². The smallest absolute Gasteiger partial charge is 0.227 e. The van der Waals surface area contributed by atoms with E-state index >= 15 is 0 Å².